The predicted molar refractivity (Wildman–Crippen MR) is 66.6 cm³/mol. The Labute approximate surface area is 110 Å². The second-order valence-corrected chi connectivity index (χ2v) is 4.72. The van der Waals surface area contributed by atoms with Crippen LogP contribution in [0.2, 0.25) is 0 Å². The van der Waals surface area contributed by atoms with Crippen molar-refractivity contribution < 1.29 is 19.8 Å². The zero-order valence-corrected chi connectivity index (χ0v) is 10.6. The van der Waals surface area contributed by atoms with Crippen molar-refractivity contribution in [1.29, 1.82) is 0 Å². The molecule has 2 rings (SSSR count). The van der Waals surface area contributed by atoms with E-state index in [1.165, 1.54) is 4.90 Å². The Bertz CT molecular complexity index is 503. The van der Waals surface area contributed by atoms with Gasteiger partial charge in [-0.15, -0.1) is 0 Å². The molecular weight excluding hydrogens is 248 g/mol. The number of piperidine rings is 1. The molecule has 0 aliphatic carbocycles. The maximum Gasteiger partial charge on any atom is 0.309 e. The van der Waals surface area contributed by atoms with Gasteiger partial charge in [-0.3, -0.25) is 14.6 Å². The number of rotatable bonds is 2. The fourth-order valence-corrected chi connectivity index (χ4v) is 2.26. The third kappa shape index (κ3) is 2.73. The molecule has 1 fully saturated rings. The van der Waals surface area contributed by atoms with Crippen LogP contribution >= 0.6 is 0 Å². The maximum atomic E-state index is 12.2. The molecule has 1 saturated heterocycles. The first-order valence-electron chi connectivity index (χ1n) is 6.12. The number of carbonyl (C=O) groups excluding carboxylic acids is 1. The van der Waals surface area contributed by atoms with Crippen LogP contribution in [-0.2, 0) is 4.79 Å². The van der Waals surface area contributed by atoms with Crippen molar-refractivity contribution in [3.05, 3.63) is 29.6 Å². The van der Waals surface area contributed by atoms with Gasteiger partial charge in [-0.05, 0) is 25.0 Å². The lowest BCUT2D eigenvalue weighted by atomic mass is 9.94. The van der Waals surface area contributed by atoms with Gasteiger partial charge in [-0.25, -0.2) is 0 Å². The first-order chi connectivity index (χ1) is 9.00. The SMILES string of the molecule is Cc1cccnc1C(=O)N1CC[C@H](C(=O)O)[C@H](O)C1. The topological polar surface area (TPSA) is 90.7 Å². The van der Waals surface area contributed by atoms with Gasteiger partial charge in [0.15, 0.2) is 0 Å². The summed E-state index contributed by atoms with van der Waals surface area (Å²) in [5.74, 6) is -2.08. The van der Waals surface area contributed by atoms with Crippen molar-refractivity contribution in [2.45, 2.75) is 19.4 Å². The summed E-state index contributed by atoms with van der Waals surface area (Å²) in [5, 5.41) is 18.7. The number of aliphatic hydroxyl groups is 1. The summed E-state index contributed by atoms with van der Waals surface area (Å²) >= 11 is 0. The third-order valence-electron chi connectivity index (χ3n) is 3.40. The summed E-state index contributed by atoms with van der Waals surface area (Å²) in [7, 11) is 0. The van der Waals surface area contributed by atoms with Gasteiger partial charge in [0.2, 0.25) is 0 Å². The molecule has 1 aliphatic heterocycles. The van der Waals surface area contributed by atoms with Gasteiger partial charge in [0.25, 0.3) is 5.91 Å². The molecular formula is C13H16N2O4. The van der Waals surface area contributed by atoms with E-state index in [1.807, 2.05) is 0 Å². The van der Waals surface area contributed by atoms with Crippen molar-refractivity contribution >= 4 is 11.9 Å². The van der Waals surface area contributed by atoms with E-state index in [4.69, 9.17) is 5.11 Å². The van der Waals surface area contributed by atoms with Crippen LogP contribution in [0.1, 0.15) is 22.5 Å². The lowest BCUT2D eigenvalue weighted by Crippen LogP contribution is -2.49. The largest absolute Gasteiger partial charge is 0.481 e. The molecule has 1 amide bonds. The molecule has 1 aromatic rings. The van der Waals surface area contributed by atoms with Crippen LogP contribution in [0.5, 0.6) is 0 Å². The first-order valence-corrected chi connectivity index (χ1v) is 6.12. The van der Waals surface area contributed by atoms with Gasteiger partial charge in [0.1, 0.15) is 5.69 Å². The summed E-state index contributed by atoms with van der Waals surface area (Å²) in [4.78, 5) is 28.6. The summed E-state index contributed by atoms with van der Waals surface area (Å²) in [6.07, 6.45) is 0.772. The van der Waals surface area contributed by atoms with Gasteiger partial charge in [0.05, 0.1) is 12.0 Å². The number of hydrogen-bond donors (Lipinski definition) is 2. The van der Waals surface area contributed by atoms with Crippen LogP contribution in [0.3, 0.4) is 0 Å². The Hall–Kier alpha value is -1.95. The molecule has 0 saturated carbocycles. The van der Waals surface area contributed by atoms with Crippen molar-refractivity contribution in [3.8, 4) is 0 Å². The highest BCUT2D eigenvalue weighted by Gasteiger charge is 2.35. The summed E-state index contributed by atoms with van der Waals surface area (Å²) in [5.41, 5.74) is 1.12. The second-order valence-electron chi connectivity index (χ2n) is 4.72. The molecule has 6 heteroatoms. The number of carboxylic acids is 1. The highest BCUT2D eigenvalue weighted by molar-refractivity contribution is 5.93. The number of likely N-dealkylation sites (tertiary alicyclic amines) is 1. The fraction of sp³-hybridized carbons (Fsp3) is 0.462. The Morgan fingerprint density at radius 3 is 2.79 bits per heavy atom. The molecule has 102 valence electrons. The van der Waals surface area contributed by atoms with E-state index in [1.54, 1.807) is 25.3 Å². The van der Waals surface area contributed by atoms with E-state index in [0.29, 0.717) is 12.2 Å². The van der Waals surface area contributed by atoms with Crippen molar-refractivity contribution in [3.63, 3.8) is 0 Å². The zero-order chi connectivity index (χ0) is 14.0. The van der Waals surface area contributed by atoms with Crippen LogP contribution < -0.4 is 0 Å². The summed E-state index contributed by atoms with van der Waals surface area (Å²) in [6.45, 7) is 2.15. The summed E-state index contributed by atoms with van der Waals surface area (Å²) < 4.78 is 0. The van der Waals surface area contributed by atoms with E-state index in [9.17, 15) is 14.7 Å². The first kappa shape index (κ1) is 13.5. The average molecular weight is 264 g/mol. The number of amides is 1. The monoisotopic (exact) mass is 264 g/mol. The third-order valence-corrected chi connectivity index (χ3v) is 3.40. The van der Waals surface area contributed by atoms with E-state index in [2.05, 4.69) is 4.98 Å². The molecule has 1 aromatic heterocycles. The minimum atomic E-state index is -1.03. The number of hydrogen-bond acceptors (Lipinski definition) is 4. The number of aryl methyl sites for hydroxylation is 1. The number of nitrogens with zero attached hydrogens (tertiary/aromatic N) is 2. The van der Waals surface area contributed by atoms with Gasteiger partial charge < -0.3 is 15.1 Å². The average Bonchev–Trinajstić information content (AvgIpc) is 2.38. The summed E-state index contributed by atoms with van der Waals surface area (Å²) in [6, 6.07) is 3.54. The molecule has 1 aliphatic rings. The normalized spacial score (nSPS) is 23.2. The van der Waals surface area contributed by atoms with Crippen molar-refractivity contribution in [1.82, 2.24) is 9.88 Å². The number of carbonyl (C=O) groups is 2. The Morgan fingerprint density at radius 1 is 1.47 bits per heavy atom. The molecule has 0 radical (unpaired) electrons. The molecule has 2 heterocycles. The minimum Gasteiger partial charge on any atom is -0.481 e. The number of aromatic nitrogens is 1. The van der Waals surface area contributed by atoms with Gasteiger partial charge in [-0.2, -0.15) is 0 Å². The van der Waals surface area contributed by atoms with E-state index >= 15 is 0 Å². The Kier molecular flexibility index (Phi) is 3.80. The Morgan fingerprint density at radius 2 is 2.21 bits per heavy atom. The van der Waals surface area contributed by atoms with Gasteiger partial charge in [-0.1, -0.05) is 6.07 Å². The molecule has 0 bridgehead atoms. The van der Waals surface area contributed by atoms with E-state index < -0.39 is 18.0 Å². The van der Waals surface area contributed by atoms with Crippen LogP contribution in [-0.4, -0.2) is 51.2 Å². The molecule has 6 nitrogen and oxygen atoms in total. The molecule has 0 aromatic carbocycles. The lowest BCUT2D eigenvalue weighted by Gasteiger charge is -2.33. The predicted octanol–water partition coefficient (Wildman–Crippen LogP) is 0.298. The number of pyridine rings is 1. The van der Waals surface area contributed by atoms with Crippen molar-refractivity contribution in [2.24, 2.45) is 5.92 Å². The highest BCUT2D eigenvalue weighted by atomic mass is 16.4. The standard InChI is InChI=1S/C13H16N2O4/c1-8-3-2-5-14-11(8)12(17)15-6-4-9(13(18)19)10(16)7-15/h2-3,5,9-10,16H,4,6-7H2,1H3,(H,18,19)/t9-,10+/m0/s1. The minimum absolute atomic E-state index is 0.0335. The molecule has 0 spiro atoms. The number of carboxylic acid groups (broad SMARTS) is 1. The zero-order valence-electron chi connectivity index (χ0n) is 10.6. The quantitative estimate of drug-likeness (QED) is 0.801. The van der Waals surface area contributed by atoms with Crippen LogP contribution in [0, 0.1) is 12.8 Å². The van der Waals surface area contributed by atoms with Crippen LogP contribution in [0.4, 0.5) is 0 Å². The van der Waals surface area contributed by atoms with Gasteiger partial charge in [0, 0.05) is 19.3 Å². The highest BCUT2D eigenvalue weighted by Crippen LogP contribution is 2.20. The number of aliphatic hydroxyl groups excluding tert-OH is 1. The van der Waals surface area contributed by atoms with Gasteiger partial charge >= 0.3 is 5.97 Å². The number of β-amino-alcohol motifs (C(OH)–C–C–N with tert-alkyl or cyclic N) is 1. The second kappa shape index (κ2) is 5.36. The molecule has 0 unspecified atom stereocenters. The van der Waals surface area contributed by atoms with E-state index in [-0.39, 0.29) is 18.9 Å². The number of aliphatic carboxylic acids is 1. The lowest BCUT2D eigenvalue weighted by molar-refractivity contribution is -0.148. The van der Waals surface area contributed by atoms with E-state index in [0.717, 1.165) is 5.56 Å². The van der Waals surface area contributed by atoms with Crippen molar-refractivity contribution in [2.75, 3.05) is 13.1 Å². The fourth-order valence-electron chi connectivity index (χ4n) is 2.26. The Balaban J connectivity index is 2.11. The van der Waals surface area contributed by atoms with Crippen LogP contribution in [0.25, 0.3) is 0 Å². The molecule has 19 heavy (non-hydrogen) atoms. The maximum absolute atomic E-state index is 12.2. The molecule has 2 N–H and O–H groups in total. The smallest absolute Gasteiger partial charge is 0.309 e. The van der Waals surface area contributed by atoms with Crippen LogP contribution in [0.15, 0.2) is 18.3 Å². The molecule has 2 atom stereocenters.